The normalized spacial score (nSPS) is 15.8. The summed E-state index contributed by atoms with van der Waals surface area (Å²) in [5.74, 6) is 0.719. The number of hydrogen-bond donors (Lipinski definition) is 0. The van der Waals surface area contributed by atoms with Gasteiger partial charge in [0.05, 0.1) is 11.8 Å². The maximum absolute atomic E-state index is 13.5. The van der Waals surface area contributed by atoms with E-state index in [1.165, 1.54) is 72.9 Å². The number of rotatable bonds is 9. The molecule has 1 fully saturated rings. The van der Waals surface area contributed by atoms with Crippen molar-refractivity contribution in [3.63, 3.8) is 0 Å². The second-order valence-electron chi connectivity index (χ2n) is 10.7. The third-order valence-corrected chi connectivity index (χ3v) is 7.86. The fourth-order valence-corrected chi connectivity index (χ4v) is 6.09. The molecule has 1 heterocycles. The number of fused-ring (bicyclic) bond motifs is 1. The summed E-state index contributed by atoms with van der Waals surface area (Å²) in [6.45, 7) is 6.68. The Hall–Kier alpha value is -2.96. The number of benzene rings is 2. The number of nitrogens with zero attached hydrogens (tertiary/aromatic N) is 3. The summed E-state index contributed by atoms with van der Waals surface area (Å²) in [7, 11) is 0. The van der Waals surface area contributed by atoms with E-state index in [1.54, 1.807) is 13.1 Å². The largest absolute Gasteiger partial charge is 0.432 e. The molecule has 0 unspecified atom stereocenters. The number of halogens is 3. The molecular formula is C30H36F3N3O. The van der Waals surface area contributed by atoms with Crippen LogP contribution < -0.4 is 9.80 Å². The van der Waals surface area contributed by atoms with Crippen LogP contribution in [0.25, 0.3) is 0 Å². The molecule has 37 heavy (non-hydrogen) atoms. The second kappa shape index (κ2) is 10.8. The van der Waals surface area contributed by atoms with Crippen molar-refractivity contribution >= 4 is 11.7 Å². The van der Waals surface area contributed by atoms with E-state index in [-0.39, 0.29) is 6.54 Å². The van der Waals surface area contributed by atoms with Crippen molar-refractivity contribution in [3.05, 3.63) is 76.2 Å². The van der Waals surface area contributed by atoms with E-state index >= 15 is 0 Å². The lowest BCUT2D eigenvalue weighted by molar-refractivity contribution is -0.137. The summed E-state index contributed by atoms with van der Waals surface area (Å²) in [5.41, 5.74) is 5.80. The van der Waals surface area contributed by atoms with E-state index in [2.05, 4.69) is 28.9 Å². The third kappa shape index (κ3) is 5.97. The number of hydrogen-bond acceptors (Lipinski definition) is 4. The molecule has 0 amide bonds. The Morgan fingerprint density at radius 3 is 2.38 bits per heavy atom. The molecule has 2 aliphatic carbocycles. The monoisotopic (exact) mass is 511 g/mol. The molecule has 4 nitrogen and oxygen atoms in total. The highest BCUT2D eigenvalue weighted by Crippen LogP contribution is 2.36. The van der Waals surface area contributed by atoms with E-state index in [9.17, 15) is 13.2 Å². The summed E-state index contributed by atoms with van der Waals surface area (Å²) < 4.78 is 46.3. The standard InChI is InChI=1S/C30H36F3N3O/c1-3-35(18-22-7-4-5-8-22)28-17-25-10-6-9-24(25)16-26(28)20-36(29-34-11-12-37-29)19-23-13-21(2)14-27(15-23)30(31,32)33/h11-17,22H,3-10,18-20H2,1-2H3. The number of alkyl halides is 3. The number of oxazole rings is 1. The number of anilines is 2. The molecule has 0 radical (unpaired) electrons. The molecule has 0 atom stereocenters. The molecular weight excluding hydrogens is 475 g/mol. The van der Waals surface area contributed by atoms with Crippen LogP contribution in [0.2, 0.25) is 0 Å². The summed E-state index contributed by atoms with van der Waals surface area (Å²) in [6.07, 6.45) is 7.26. The predicted molar refractivity (Wildman–Crippen MR) is 141 cm³/mol. The molecule has 5 rings (SSSR count). The molecule has 2 aliphatic rings. The Labute approximate surface area is 217 Å². The first-order valence-corrected chi connectivity index (χ1v) is 13.5. The minimum Gasteiger partial charge on any atom is -0.432 e. The summed E-state index contributed by atoms with van der Waals surface area (Å²) in [6, 6.07) is 9.36. The molecule has 0 saturated heterocycles. The van der Waals surface area contributed by atoms with E-state index < -0.39 is 11.7 Å². The summed E-state index contributed by atoms with van der Waals surface area (Å²) >= 11 is 0. The van der Waals surface area contributed by atoms with Gasteiger partial charge in [0, 0.05) is 31.9 Å². The van der Waals surface area contributed by atoms with Crippen LogP contribution in [0.3, 0.4) is 0 Å². The average molecular weight is 512 g/mol. The molecule has 0 spiro atoms. The van der Waals surface area contributed by atoms with Crippen molar-refractivity contribution in [3.8, 4) is 0 Å². The SMILES string of the molecule is CCN(CC1CCCC1)c1cc2c(cc1CN(Cc1cc(C)cc(C(F)(F)F)c1)c1ncco1)CCC2. The van der Waals surface area contributed by atoms with Crippen molar-refractivity contribution in [1.29, 1.82) is 0 Å². The van der Waals surface area contributed by atoms with Gasteiger partial charge < -0.3 is 14.2 Å². The Balaban J connectivity index is 1.49. The van der Waals surface area contributed by atoms with Crippen LogP contribution in [-0.4, -0.2) is 18.1 Å². The Morgan fingerprint density at radius 2 is 1.70 bits per heavy atom. The summed E-state index contributed by atoms with van der Waals surface area (Å²) in [5, 5.41) is 0. The van der Waals surface area contributed by atoms with Gasteiger partial charge in [-0.05, 0) is 92.3 Å². The zero-order valence-corrected chi connectivity index (χ0v) is 21.8. The van der Waals surface area contributed by atoms with Gasteiger partial charge in [0.15, 0.2) is 0 Å². The smallest absolute Gasteiger partial charge is 0.416 e. The van der Waals surface area contributed by atoms with Gasteiger partial charge in [-0.3, -0.25) is 0 Å². The first-order valence-electron chi connectivity index (χ1n) is 13.5. The predicted octanol–water partition coefficient (Wildman–Crippen LogP) is 7.71. The lowest BCUT2D eigenvalue weighted by Crippen LogP contribution is -2.31. The molecule has 198 valence electrons. The zero-order chi connectivity index (χ0) is 26.0. The lowest BCUT2D eigenvalue weighted by Gasteiger charge is -2.31. The molecule has 3 aromatic rings. The fraction of sp³-hybridized carbons (Fsp3) is 0.500. The van der Waals surface area contributed by atoms with Gasteiger partial charge in [-0.1, -0.05) is 30.5 Å². The van der Waals surface area contributed by atoms with Gasteiger partial charge in [0.2, 0.25) is 0 Å². The van der Waals surface area contributed by atoms with Gasteiger partial charge in [-0.15, -0.1) is 0 Å². The van der Waals surface area contributed by atoms with Crippen LogP contribution in [0.4, 0.5) is 24.9 Å². The second-order valence-corrected chi connectivity index (χ2v) is 10.7. The highest BCUT2D eigenvalue weighted by Gasteiger charge is 2.31. The highest BCUT2D eigenvalue weighted by molar-refractivity contribution is 5.60. The maximum Gasteiger partial charge on any atom is 0.416 e. The molecule has 1 saturated carbocycles. The lowest BCUT2D eigenvalue weighted by atomic mass is 10.0. The Morgan fingerprint density at radius 1 is 0.946 bits per heavy atom. The fourth-order valence-electron chi connectivity index (χ4n) is 6.09. The minimum atomic E-state index is -4.39. The minimum absolute atomic E-state index is 0.274. The molecule has 0 N–H and O–H groups in total. The molecule has 0 aliphatic heterocycles. The molecule has 1 aromatic heterocycles. The van der Waals surface area contributed by atoms with Gasteiger partial charge >= 0.3 is 6.18 Å². The van der Waals surface area contributed by atoms with Crippen molar-refractivity contribution in [2.45, 2.75) is 78.1 Å². The van der Waals surface area contributed by atoms with Crippen LogP contribution in [0.5, 0.6) is 0 Å². The van der Waals surface area contributed by atoms with E-state index in [0.717, 1.165) is 31.8 Å². The van der Waals surface area contributed by atoms with Crippen molar-refractivity contribution in [2.24, 2.45) is 5.92 Å². The van der Waals surface area contributed by atoms with Crippen LogP contribution >= 0.6 is 0 Å². The first-order chi connectivity index (χ1) is 17.8. The van der Waals surface area contributed by atoms with Crippen molar-refractivity contribution in [2.75, 3.05) is 22.9 Å². The van der Waals surface area contributed by atoms with E-state index in [0.29, 0.717) is 23.7 Å². The van der Waals surface area contributed by atoms with Gasteiger partial charge in [0.1, 0.15) is 6.26 Å². The zero-order valence-electron chi connectivity index (χ0n) is 21.8. The molecule has 2 aromatic carbocycles. The quantitative estimate of drug-likeness (QED) is 0.294. The Bertz CT molecular complexity index is 1200. The van der Waals surface area contributed by atoms with Crippen LogP contribution in [0.1, 0.15) is 72.4 Å². The van der Waals surface area contributed by atoms with Gasteiger partial charge in [-0.25, -0.2) is 4.98 Å². The maximum atomic E-state index is 13.5. The third-order valence-electron chi connectivity index (χ3n) is 7.86. The average Bonchev–Trinajstić information content (AvgIpc) is 3.64. The molecule has 0 bridgehead atoms. The van der Waals surface area contributed by atoms with Crippen LogP contribution in [-0.2, 0) is 32.1 Å². The topological polar surface area (TPSA) is 32.5 Å². The first kappa shape index (κ1) is 25.7. The molecule has 7 heteroatoms. The van der Waals surface area contributed by atoms with Gasteiger partial charge in [-0.2, -0.15) is 13.2 Å². The van der Waals surface area contributed by atoms with Crippen LogP contribution in [0, 0.1) is 12.8 Å². The number of aryl methyl sites for hydroxylation is 3. The van der Waals surface area contributed by atoms with E-state index in [4.69, 9.17) is 4.42 Å². The Kier molecular flexibility index (Phi) is 7.50. The van der Waals surface area contributed by atoms with Crippen LogP contribution in [0.15, 0.2) is 47.2 Å². The number of aromatic nitrogens is 1. The summed E-state index contributed by atoms with van der Waals surface area (Å²) in [4.78, 5) is 8.84. The van der Waals surface area contributed by atoms with Crippen molar-refractivity contribution < 1.29 is 17.6 Å². The van der Waals surface area contributed by atoms with Crippen molar-refractivity contribution in [1.82, 2.24) is 4.98 Å². The van der Waals surface area contributed by atoms with Gasteiger partial charge in [0.25, 0.3) is 6.01 Å². The van der Waals surface area contributed by atoms with E-state index in [1.807, 2.05) is 11.0 Å². The highest BCUT2D eigenvalue weighted by atomic mass is 19.4.